The molecule has 3 aliphatic heterocycles. The summed E-state index contributed by atoms with van der Waals surface area (Å²) in [6.07, 6.45) is 0. The molecule has 4 nitrogen and oxygen atoms in total. The zero-order valence-corrected chi connectivity index (χ0v) is 29.5. The SMILES string of the molecule is Cc1c2c(cc3c1Oc1cccc4c1B3Sc1ccccc1N4c1ccccc1)Bc1c(cccc1N(c1ccccc1)c1ccccc1S)O2. The van der Waals surface area contributed by atoms with Crippen molar-refractivity contribution >= 4 is 93.5 Å². The van der Waals surface area contributed by atoms with E-state index in [0.717, 1.165) is 72.8 Å². The number of benzene rings is 7. The molecule has 0 spiro atoms. The summed E-state index contributed by atoms with van der Waals surface area (Å²) >= 11 is 6.80. The van der Waals surface area contributed by atoms with Crippen molar-refractivity contribution in [2.24, 2.45) is 0 Å². The van der Waals surface area contributed by atoms with Crippen molar-refractivity contribution in [3.63, 3.8) is 0 Å². The highest BCUT2D eigenvalue weighted by molar-refractivity contribution is 8.28. The van der Waals surface area contributed by atoms with E-state index in [2.05, 4.69) is 156 Å². The van der Waals surface area contributed by atoms with Crippen molar-refractivity contribution in [3.05, 3.63) is 157 Å². The molecule has 0 unspecified atom stereocenters. The van der Waals surface area contributed by atoms with Gasteiger partial charge in [0.2, 0.25) is 7.28 Å². The van der Waals surface area contributed by atoms with E-state index in [-0.39, 0.29) is 5.99 Å². The Morgan fingerprint density at radius 1 is 0.667 bits per heavy atom. The van der Waals surface area contributed by atoms with Gasteiger partial charge in [-0.25, -0.2) is 0 Å². The van der Waals surface area contributed by atoms with E-state index in [0.29, 0.717) is 7.28 Å². The molecule has 0 atom stereocenters. The molecular weight excluding hydrogens is 662 g/mol. The van der Waals surface area contributed by atoms with E-state index in [1.54, 1.807) is 0 Å². The lowest BCUT2D eigenvalue weighted by Crippen LogP contribution is -2.48. The van der Waals surface area contributed by atoms with Gasteiger partial charge in [-0.1, -0.05) is 78.9 Å². The zero-order chi connectivity index (χ0) is 34.1. The van der Waals surface area contributed by atoms with Gasteiger partial charge in [-0.15, -0.1) is 12.6 Å². The van der Waals surface area contributed by atoms with E-state index in [1.165, 1.54) is 21.5 Å². The van der Waals surface area contributed by atoms with Crippen LogP contribution in [0, 0.1) is 6.92 Å². The molecule has 8 heteroatoms. The van der Waals surface area contributed by atoms with Gasteiger partial charge in [0.1, 0.15) is 23.0 Å². The van der Waals surface area contributed by atoms with Gasteiger partial charge in [0, 0.05) is 43.6 Å². The van der Waals surface area contributed by atoms with E-state index in [9.17, 15) is 0 Å². The molecule has 7 aromatic carbocycles. The molecule has 3 aliphatic rings. The third-order valence-electron chi connectivity index (χ3n) is 10.0. The lowest BCUT2D eigenvalue weighted by atomic mass is 9.54. The van der Waals surface area contributed by atoms with Crippen molar-refractivity contribution in [2.45, 2.75) is 16.7 Å². The number of thiol groups is 1. The van der Waals surface area contributed by atoms with Crippen LogP contribution in [0.15, 0.2) is 161 Å². The Hall–Kier alpha value is -5.43. The molecule has 0 N–H and O–H groups in total. The molecule has 0 saturated heterocycles. The Bertz CT molecular complexity index is 2500. The minimum absolute atomic E-state index is 0.0207. The smallest absolute Gasteiger partial charge is 0.291 e. The maximum absolute atomic E-state index is 6.90. The molecule has 7 aromatic rings. The average Bonchev–Trinajstić information content (AvgIpc) is 3.32. The summed E-state index contributed by atoms with van der Waals surface area (Å²) < 4.78 is 13.8. The summed E-state index contributed by atoms with van der Waals surface area (Å²) in [4.78, 5) is 6.80. The Morgan fingerprint density at radius 2 is 1.33 bits per heavy atom. The van der Waals surface area contributed by atoms with Crippen molar-refractivity contribution in [1.82, 2.24) is 0 Å². The standard InChI is InChI=1S/C43H30B2N2O2S2/c1-27-42-30(44-40-34(20-12-22-36(40)48-42)46(28-14-4-2-5-15-28)32-18-8-10-24-38(32)50)26-31-43(27)49-37-23-13-21-35-41(37)45(31)51-39-25-11-9-19-33(39)47(35)29-16-6-3-7-17-29/h2-26,44,50H,1H3. The molecule has 0 fully saturated rings. The van der Waals surface area contributed by atoms with Crippen LogP contribution in [0.5, 0.6) is 23.0 Å². The van der Waals surface area contributed by atoms with Gasteiger partial charge < -0.3 is 19.3 Å². The predicted octanol–water partition coefficient (Wildman–Crippen LogP) is 9.03. The largest absolute Gasteiger partial charge is 0.458 e. The number of para-hydroxylation sites is 4. The van der Waals surface area contributed by atoms with Gasteiger partial charge in [-0.05, 0) is 96.1 Å². The molecule has 0 amide bonds. The van der Waals surface area contributed by atoms with Crippen LogP contribution >= 0.6 is 24.2 Å². The van der Waals surface area contributed by atoms with Crippen LogP contribution in [-0.2, 0) is 0 Å². The van der Waals surface area contributed by atoms with Gasteiger partial charge in [-0.2, -0.15) is 11.6 Å². The number of fused-ring (bicyclic) bond motifs is 5. The minimum atomic E-state index is 0.0207. The topological polar surface area (TPSA) is 24.9 Å². The molecule has 3 heterocycles. The van der Waals surface area contributed by atoms with Crippen LogP contribution in [-0.4, -0.2) is 13.3 Å². The number of rotatable bonds is 4. The van der Waals surface area contributed by atoms with Crippen molar-refractivity contribution in [1.29, 1.82) is 0 Å². The molecule has 0 saturated carbocycles. The van der Waals surface area contributed by atoms with Gasteiger partial charge in [0.25, 0.3) is 5.99 Å². The Morgan fingerprint density at radius 3 is 2.18 bits per heavy atom. The second-order valence-electron chi connectivity index (χ2n) is 13.0. The lowest BCUT2D eigenvalue weighted by Gasteiger charge is -2.34. The Kier molecular flexibility index (Phi) is 7.22. The fourth-order valence-electron chi connectivity index (χ4n) is 7.78. The Balaban J connectivity index is 1.13. The van der Waals surface area contributed by atoms with Crippen LogP contribution < -0.4 is 41.1 Å². The highest BCUT2D eigenvalue weighted by Gasteiger charge is 2.41. The van der Waals surface area contributed by atoms with Gasteiger partial charge in [0.15, 0.2) is 0 Å². The van der Waals surface area contributed by atoms with E-state index < -0.39 is 0 Å². The summed E-state index contributed by atoms with van der Waals surface area (Å²) in [5, 5.41) is 0. The van der Waals surface area contributed by atoms with E-state index >= 15 is 0 Å². The normalized spacial score (nSPS) is 13.2. The number of hydrogen-bond acceptors (Lipinski definition) is 6. The highest BCUT2D eigenvalue weighted by Crippen LogP contribution is 2.48. The number of nitrogens with zero attached hydrogens (tertiary/aromatic N) is 2. The molecule has 10 rings (SSSR count). The van der Waals surface area contributed by atoms with Crippen LogP contribution in [0.4, 0.5) is 34.1 Å². The zero-order valence-electron chi connectivity index (χ0n) is 27.8. The molecule has 51 heavy (non-hydrogen) atoms. The van der Waals surface area contributed by atoms with Crippen LogP contribution in [0.2, 0.25) is 0 Å². The molecule has 0 aliphatic carbocycles. The fraction of sp³-hybridized carbons (Fsp3) is 0.0233. The van der Waals surface area contributed by atoms with E-state index in [4.69, 9.17) is 22.1 Å². The number of hydrogen-bond donors (Lipinski definition) is 1. The van der Waals surface area contributed by atoms with Crippen molar-refractivity contribution in [3.8, 4) is 23.0 Å². The first-order valence-corrected chi connectivity index (χ1v) is 18.5. The predicted molar refractivity (Wildman–Crippen MR) is 218 cm³/mol. The molecule has 0 bridgehead atoms. The van der Waals surface area contributed by atoms with Crippen molar-refractivity contribution < 1.29 is 9.47 Å². The third kappa shape index (κ3) is 4.89. The summed E-state index contributed by atoms with van der Waals surface area (Å²) in [6, 6.07) is 53.2. The van der Waals surface area contributed by atoms with Gasteiger partial charge in [0.05, 0.1) is 11.4 Å². The second-order valence-corrected chi connectivity index (χ2v) is 14.7. The first kappa shape index (κ1) is 30.4. The highest BCUT2D eigenvalue weighted by atomic mass is 32.2. The average molecular weight is 692 g/mol. The van der Waals surface area contributed by atoms with E-state index in [1.807, 2.05) is 23.7 Å². The summed E-state index contributed by atoms with van der Waals surface area (Å²) in [5.74, 6) is 3.53. The van der Waals surface area contributed by atoms with Crippen LogP contribution in [0.25, 0.3) is 0 Å². The fourth-order valence-corrected chi connectivity index (χ4v) is 9.39. The van der Waals surface area contributed by atoms with Gasteiger partial charge >= 0.3 is 0 Å². The first-order chi connectivity index (χ1) is 25.1. The Labute approximate surface area is 308 Å². The monoisotopic (exact) mass is 692 g/mol. The molecular formula is C43H30B2N2O2S2. The minimum Gasteiger partial charge on any atom is -0.458 e. The van der Waals surface area contributed by atoms with Crippen LogP contribution in [0.3, 0.4) is 0 Å². The quantitative estimate of drug-likeness (QED) is 0.147. The lowest BCUT2D eigenvalue weighted by molar-refractivity contribution is 0.459. The second kappa shape index (κ2) is 12.1. The van der Waals surface area contributed by atoms with Crippen molar-refractivity contribution in [2.75, 3.05) is 9.80 Å². The maximum Gasteiger partial charge on any atom is 0.291 e. The molecule has 0 aromatic heterocycles. The number of ether oxygens (including phenoxy) is 2. The maximum atomic E-state index is 6.90. The summed E-state index contributed by atoms with van der Waals surface area (Å²) in [5.41, 5.74) is 12.2. The summed E-state index contributed by atoms with van der Waals surface area (Å²) in [7, 11) is 0.714. The van der Waals surface area contributed by atoms with Crippen LogP contribution in [0.1, 0.15) is 5.56 Å². The molecule has 242 valence electrons. The molecule has 0 radical (unpaired) electrons. The first-order valence-electron chi connectivity index (χ1n) is 17.1. The summed E-state index contributed by atoms with van der Waals surface area (Å²) in [6.45, 7) is 2.14. The number of anilines is 6. The van der Waals surface area contributed by atoms with Gasteiger partial charge in [-0.3, -0.25) is 0 Å². The third-order valence-corrected chi connectivity index (χ3v) is 11.7.